The molecule has 0 saturated heterocycles. The second-order valence-electron chi connectivity index (χ2n) is 5.45. The van der Waals surface area contributed by atoms with E-state index in [-0.39, 0.29) is 0 Å². The van der Waals surface area contributed by atoms with E-state index in [1.165, 1.54) is 16.7 Å². The fraction of sp³-hybridized carbons (Fsp3) is 0.333. The molecule has 0 aliphatic heterocycles. The highest BCUT2D eigenvalue weighted by Crippen LogP contribution is 2.20. The highest BCUT2D eigenvalue weighted by atomic mass is 16.5. The molecule has 3 heteroatoms. The first kappa shape index (κ1) is 15.5. The third-order valence-corrected chi connectivity index (χ3v) is 3.72. The molecule has 0 heterocycles. The predicted molar refractivity (Wildman–Crippen MR) is 87.2 cm³/mol. The first-order valence-corrected chi connectivity index (χ1v) is 7.23. The molecule has 0 fully saturated rings. The summed E-state index contributed by atoms with van der Waals surface area (Å²) in [5, 5.41) is 0. The molecule has 0 radical (unpaired) electrons. The minimum Gasteiger partial charge on any atom is -0.496 e. The Labute approximate surface area is 127 Å². The van der Waals surface area contributed by atoms with Crippen LogP contribution in [0.15, 0.2) is 42.5 Å². The van der Waals surface area contributed by atoms with Gasteiger partial charge < -0.3 is 10.5 Å². The van der Waals surface area contributed by atoms with Gasteiger partial charge in [-0.15, -0.1) is 0 Å². The van der Waals surface area contributed by atoms with Gasteiger partial charge in [-0.2, -0.15) is 0 Å². The molecule has 0 spiro atoms. The number of benzene rings is 2. The van der Waals surface area contributed by atoms with Crippen LogP contribution in [-0.4, -0.2) is 19.1 Å². The minimum absolute atomic E-state index is 0.499. The third kappa shape index (κ3) is 4.06. The van der Waals surface area contributed by atoms with Crippen LogP contribution in [0.25, 0.3) is 0 Å². The Kier molecular flexibility index (Phi) is 5.37. The van der Waals surface area contributed by atoms with Crippen LogP contribution in [0.2, 0.25) is 0 Å². The molecule has 2 N–H and O–H groups in total. The number of hydrogen-bond donors (Lipinski definition) is 1. The Balaban J connectivity index is 2.06. The van der Waals surface area contributed by atoms with Crippen molar-refractivity contribution in [2.45, 2.75) is 26.6 Å². The summed E-state index contributed by atoms with van der Waals surface area (Å²) < 4.78 is 5.31. The van der Waals surface area contributed by atoms with Gasteiger partial charge in [0.15, 0.2) is 0 Å². The minimum atomic E-state index is 0.499. The summed E-state index contributed by atoms with van der Waals surface area (Å²) in [6, 6.07) is 14.7. The van der Waals surface area contributed by atoms with Crippen LogP contribution in [0, 0.1) is 6.92 Å². The monoisotopic (exact) mass is 284 g/mol. The molecule has 0 aliphatic carbocycles. The van der Waals surface area contributed by atoms with Gasteiger partial charge >= 0.3 is 0 Å². The Hall–Kier alpha value is -1.84. The van der Waals surface area contributed by atoms with Crippen LogP contribution in [0.3, 0.4) is 0 Å². The Morgan fingerprint density at radius 1 is 1.05 bits per heavy atom. The van der Waals surface area contributed by atoms with Crippen molar-refractivity contribution < 1.29 is 4.74 Å². The molecule has 0 bridgehead atoms. The molecule has 21 heavy (non-hydrogen) atoms. The van der Waals surface area contributed by atoms with Gasteiger partial charge in [0.25, 0.3) is 0 Å². The molecule has 0 unspecified atom stereocenters. The molecule has 2 aromatic carbocycles. The van der Waals surface area contributed by atoms with Gasteiger partial charge in [0.1, 0.15) is 5.75 Å². The van der Waals surface area contributed by atoms with E-state index in [1.807, 2.05) is 6.07 Å². The zero-order valence-corrected chi connectivity index (χ0v) is 13.1. The highest BCUT2D eigenvalue weighted by molar-refractivity contribution is 5.37. The van der Waals surface area contributed by atoms with Crippen LogP contribution in [0.5, 0.6) is 5.75 Å². The van der Waals surface area contributed by atoms with Crippen molar-refractivity contribution in [3.8, 4) is 5.75 Å². The molecule has 2 rings (SSSR count). The van der Waals surface area contributed by atoms with Gasteiger partial charge in [-0.1, -0.05) is 30.3 Å². The molecule has 112 valence electrons. The van der Waals surface area contributed by atoms with E-state index in [2.05, 4.69) is 55.3 Å². The van der Waals surface area contributed by atoms with Crippen molar-refractivity contribution >= 4 is 0 Å². The lowest BCUT2D eigenvalue weighted by Gasteiger charge is -2.19. The number of nitrogens with zero attached hydrogens (tertiary/aromatic N) is 1. The lowest BCUT2D eigenvalue weighted by Crippen LogP contribution is -2.18. The van der Waals surface area contributed by atoms with Crippen molar-refractivity contribution in [2.75, 3.05) is 14.2 Å². The largest absolute Gasteiger partial charge is 0.496 e. The lowest BCUT2D eigenvalue weighted by atomic mass is 10.1. The Morgan fingerprint density at radius 2 is 1.81 bits per heavy atom. The normalized spacial score (nSPS) is 10.9. The van der Waals surface area contributed by atoms with Crippen molar-refractivity contribution in [3.63, 3.8) is 0 Å². The number of rotatable bonds is 6. The zero-order valence-electron chi connectivity index (χ0n) is 13.1. The van der Waals surface area contributed by atoms with E-state index in [9.17, 15) is 0 Å². The van der Waals surface area contributed by atoms with Crippen LogP contribution < -0.4 is 10.5 Å². The summed E-state index contributed by atoms with van der Waals surface area (Å²) in [5.41, 5.74) is 10.8. The topological polar surface area (TPSA) is 38.5 Å². The number of methoxy groups -OCH3 is 1. The first-order valence-electron chi connectivity index (χ1n) is 7.23. The number of ether oxygens (including phenoxy) is 1. The van der Waals surface area contributed by atoms with Gasteiger partial charge in [-0.05, 0) is 42.8 Å². The number of aryl methyl sites for hydroxylation is 1. The molecular formula is C18H24N2O. The molecule has 0 saturated carbocycles. The molecular weight excluding hydrogens is 260 g/mol. The van der Waals surface area contributed by atoms with Crippen molar-refractivity contribution in [1.29, 1.82) is 0 Å². The van der Waals surface area contributed by atoms with E-state index in [0.29, 0.717) is 6.54 Å². The summed E-state index contributed by atoms with van der Waals surface area (Å²) in [6.45, 7) is 4.49. The van der Waals surface area contributed by atoms with Crippen molar-refractivity contribution in [3.05, 3.63) is 64.7 Å². The molecule has 0 aromatic heterocycles. The Bertz CT molecular complexity index is 596. The van der Waals surface area contributed by atoms with Crippen LogP contribution >= 0.6 is 0 Å². The predicted octanol–water partition coefficient (Wildman–Crippen LogP) is 3.09. The van der Waals surface area contributed by atoms with Crippen LogP contribution in [-0.2, 0) is 19.6 Å². The van der Waals surface area contributed by atoms with Crippen molar-refractivity contribution in [2.24, 2.45) is 5.73 Å². The highest BCUT2D eigenvalue weighted by Gasteiger charge is 2.07. The van der Waals surface area contributed by atoms with Gasteiger partial charge in [0, 0.05) is 25.2 Å². The number of hydrogen-bond acceptors (Lipinski definition) is 3. The summed E-state index contributed by atoms with van der Waals surface area (Å²) in [5.74, 6) is 0.864. The first-order chi connectivity index (χ1) is 10.1. The molecule has 0 aliphatic rings. The second-order valence-corrected chi connectivity index (χ2v) is 5.45. The standard InChI is InChI=1S/C18H24N2O/c1-14-6-4-5-7-16(14)13-20(2)12-15-8-9-18(21-3)17(10-15)11-19/h4-10H,11-13,19H2,1-3H3. The average Bonchev–Trinajstić information content (AvgIpc) is 2.49. The van der Waals surface area contributed by atoms with E-state index in [1.54, 1.807) is 7.11 Å². The average molecular weight is 284 g/mol. The fourth-order valence-corrected chi connectivity index (χ4v) is 2.54. The van der Waals surface area contributed by atoms with Gasteiger partial charge in [-0.3, -0.25) is 4.90 Å². The molecule has 0 atom stereocenters. The van der Waals surface area contributed by atoms with Crippen LogP contribution in [0.4, 0.5) is 0 Å². The Morgan fingerprint density at radius 3 is 2.48 bits per heavy atom. The zero-order chi connectivity index (χ0) is 15.2. The van der Waals surface area contributed by atoms with Crippen LogP contribution in [0.1, 0.15) is 22.3 Å². The summed E-state index contributed by atoms with van der Waals surface area (Å²) >= 11 is 0. The maximum absolute atomic E-state index is 5.78. The fourth-order valence-electron chi connectivity index (χ4n) is 2.54. The van der Waals surface area contributed by atoms with Crippen molar-refractivity contribution in [1.82, 2.24) is 4.90 Å². The summed E-state index contributed by atoms with van der Waals surface area (Å²) in [4.78, 5) is 2.31. The van der Waals surface area contributed by atoms with E-state index < -0.39 is 0 Å². The summed E-state index contributed by atoms with van der Waals surface area (Å²) in [7, 11) is 3.82. The van der Waals surface area contributed by atoms with Gasteiger partial charge in [0.05, 0.1) is 7.11 Å². The smallest absolute Gasteiger partial charge is 0.123 e. The molecule has 2 aromatic rings. The SMILES string of the molecule is COc1ccc(CN(C)Cc2ccccc2C)cc1CN. The molecule has 3 nitrogen and oxygen atoms in total. The number of nitrogens with two attached hydrogens (primary N) is 1. The maximum atomic E-state index is 5.78. The quantitative estimate of drug-likeness (QED) is 0.886. The van der Waals surface area contributed by atoms with Gasteiger partial charge in [-0.25, -0.2) is 0 Å². The molecule has 0 amide bonds. The van der Waals surface area contributed by atoms with E-state index in [4.69, 9.17) is 10.5 Å². The maximum Gasteiger partial charge on any atom is 0.123 e. The lowest BCUT2D eigenvalue weighted by molar-refractivity contribution is 0.318. The summed E-state index contributed by atoms with van der Waals surface area (Å²) in [6.07, 6.45) is 0. The van der Waals surface area contributed by atoms with E-state index >= 15 is 0 Å². The third-order valence-electron chi connectivity index (χ3n) is 3.72. The van der Waals surface area contributed by atoms with Gasteiger partial charge in [0.2, 0.25) is 0 Å². The van der Waals surface area contributed by atoms with E-state index in [0.717, 1.165) is 24.4 Å². The second kappa shape index (κ2) is 7.25.